The van der Waals surface area contributed by atoms with Crippen LogP contribution < -0.4 is 11.2 Å². The van der Waals surface area contributed by atoms with Crippen LogP contribution in [0.5, 0.6) is 0 Å². The van der Waals surface area contributed by atoms with Gasteiger partial charge in [0.2, 0.25) is 0 Å². The molecule has 0 amide bonds. The molecule has 0 bridgehead atoms. The molecular formula is C12H18N2O7. The van der Waals surface area contributed by atoms with Gasteiger partial charge in [-0.05, 0) is 13.8 Å². The zero-order valence-corrected chi connectivity index (χ0v) is 11.6. The highest BCUT2D eigenvalue weighted by Crippen LogP contribution is 2.27. The highest BCUT2D eigenvalue weighted by atomic mass is 16.6. The predicted molar refractivity (Wildman–Crippen MR) is 70.7 cm³/mol. The fourth-order valence-electron chi connectivity index (χ4n) is 1.74. The monoisotopic (exact) mass is 302 g/mol. The average Bonchev–Trinajstić information content (AvgIpc) is 2.66. The second kappa shape index (κ2) is 7.27. The molecule has 2 rings (SSSR count). The number of ether oxygens (including phenoxy) is 1. The van der Waals surface area contributed by atoms with Gasteiger partial charge in [0.05, 0.1) is 6.61 Å². The minimum atomic E-state index is -1.35. The molecule has 0 unspecified atom stereocenters. The first kappa shape index (κ1) is 17.2. The smallest absolute Gasteiger partial charge is 0.330 e. The average molecular weight is 302 g/mol. The molecule has 1 aliphatic heterocycles. The predicted octanol–water partition coefficient (Wildman–Crippen LogP) is -2.26. The SMILES string of the molecule is CC(C)=O.O=c1ccn([C@@H]2O[C@H](CO)[C@@H](O)[C@H]2O)c(=O)[nH]1. The van der Waals surface area contributed by atoms with Crippen LogP contribution in [0.2, 0.25) is 0 Å². The van der Waals surface area contributed by atoms with E-state index in [1.165, 1.54) is 13.8 Å². The van der Waals surface area contributed by atoms with Gasteiger partial charge < -0.3 is 24.9 Å². The first-order valence-corrected chi connectivity index (χ1v) is 6.19. The number of carbonyl (C=O) groups excluding carboxylic acids is 1. The minimum absolute atomic E-state index is 0.167. The topological polar surface area (TPSA) is 142 Å². The van der Waals surface area contributed by atoms with E-state index in [4.69, 9.17) is 9.84 Å². The number of aliphatic hydroxyl groups excluding tert-OH is 3. The molecule has 9 nitrogen and oxygen atoms in total. The number of hydrogen-bond donors (Lipinski definition) is 4. The van der Waals surface area contributed by atoms with Crippen molar-refractivity contribution in [1.82, 2.24) is 9.55 Å². The Bertz CT molecular complexity index is 590. The Kier molecular flexibility index (Phi) is 5.97. The van der Waals surface area contributed by atoms with Gasteiger partial charge in [0, 0.05) is 12.3 Å². The minimum Gasteiger partial charge on any atom is -0.394 e. The number of nitrogens with one attached hydrogen (secondary N) is 1. The maximum atomic E-state index is 11.4. The van der Waals surface area contributed by atoms with Crippen molar-refractivity contribution in [2.24, 2.45) is 0 Å². The number of aliphatic hydroxyl groups is 3. The van der Waals surface area contributed by atoms with Crippen molar-refractivity contribution >= 4 is 5.78 Å². The van der Waals surface area contributed by atoms with Gasteiger partial charge in [0.25, 0.3) is 5.56 Å². The molecule has 9 heteroatoms. The molecule has 0 aliphatic carbocycles. The van der Waals surface area contributed by atoms with Crippen LogP contribution in [0, 0.1) is 0 Å². The summed E-state index contributed by atoms with van der Waals surface area (Å²) in [5.41, 5.74) is -1.33. The van der Waals surface area contributed by atoms with Crippen LogP contribution in [0.25, 0.3) is 0 Å². The summed E-state index contributed by atoms with van der Waals surface area (Å²) in [5.74, 6) is 0.167. The van der Waals surface area contributed by atoms with Crippen molar-refractivity contribution in [3.63, 3.8) is 0 Å². The van der Waals surface area contributed by atoms with Gasteiger partial charge in [-0.2, -0.15) is 0 Å². The van der Waals surface area contributed by atoms with Gasteiger partial charge in [-0.25, -0.2) is 4.79 Å². The van der Waals surface area contributed by atoms with Crippen LogP contribution >= 0.6 is 0 Å². The number of H-pyrrole nitrogens is 1. The Labute approximate surface area is 119 Å². The highest BCUT2D eigenvalue weighted by Gasteiger charge is 2.43. The number of aromatic nitrogens is 2. The molecule has 0 saturated carbocycles. The summed E-state index contributed by atoms with van der Waals surface area (Å²) < 4.78 is 6.08. The molecule has 0 spiro atoms. The summed E-state index contributed by atoms with van der Waals surface area (Å²) in [4.78, 5) is 33.8. The van der Waals surface area contributed by atoms with E-state index in [1.807, 2.05) is 4.98 Å². The van der Waals surface area contributed by atoms with Gasteiger partial charge in [-0.3, -0.25) is 14.3 Å². The quantitative estimate of drug-likeness (QED) is 0.483. The standard InChI is InChI=1S/C9H12N2O6.C3H6O/c12-3-4-6(14)7(15)8(17-4)11-2-1-5(13)10-9(11)16;1-3(2)4/h1-2,4,6-8,12,14-15H,3H2,(H,10,13,16);1-2H3/t4-,6-,7-,8-;/m1./s1. The van der Waals surface area contributed by atoms with Gasteiger partial charge in [0.15, 0.2) is 6.23 Å². The Morgan fingerprint density at radius 1 is 1.33 bits per heavy atom. The van der Waals surface area contributed by atoms with Crippen LogP contribution in [-0.4, -0.2) is 55.6 Å². The van der Waals surface area contributed by atoms with E-state index in [9.17, 15) is 24.6 Å². The number of hydrogen-bond acceptors (Lipinski definition) is 7. The lowest BCUT2D eigenvalue weighted by molar-refractivity contribution is -0.114. The summed E-state index contributed by atoms with van der Waals surface area (Å²) in [6.45, 7) is 2.58. The van der Waals surface area contributed by atoms with Crippen LogP contribution in [0.15, 0.2) is 21.9 Å². The second-order valence-electron chi connectivity index (χ2n) is 4.65. The summed E-state index contributed by atoms with van der Waals surface area (Å²) >= 11 is 0. The van der Waals surface area contributed by atoms with Crippen LogP contribution in [0.1, 0.15) is 20.1 Å². The molecule has 1 aromatic rings. The van der Waals surface area contributed by atoms with E-state index < -0.39 is 42.4 Å². The lowest BCUT2D eigenvalue weighted by atomic mass is 10.1. The number of aromatic amines is 1. The molecule has 1 fully saturated rings. The fraction of sp³-hybridized carbons (Fsp3) is 0.583. The Hall–Kier alpha value is -1.81. The number of nitrogens with zero attached hydrogens (tertiary/aromatic N) is 1. The Morgan fingerprint density at radius 3 is 2.33 bits per heavy atom. The first-order chi connectivity index (χ1) is 9.77. The van der Waals surface area contributed by atoms with Crippen molar-refractivity contribution in [2.45, 2.75) is 38.4 Å². The molecule has 1 aromatic heterocycles. The van der Waals surface area contributed by atoms with Crippen molar-refractivity contribution in [3.05, 3.63) is 33.1 Å². The molecule has 4 N–H and O–H groups in total. The lowest BCUT2D eigenvalue weighted by Gasteiger charge is -2.16. The van der Waals surface area contributed by atoms with E-state index in [0.717, 1.165) is 16.8 Å². The summed E-state index contributed by atoms with van der Waals surface area (Å²) in [7, 11) is 0. The molecule has 4 atom stereocenters. The van der Waals surface area contributed by atoms with Crippen molar-refractivity contribution < 1.29 is 24.9 Å². The Morgan fingerprint density at radius 2 is 1.90 bits per heavy atom. The van der Waals surface area contributed by atoms with Crippen molar-refractivity contribution in [2.75, 3.05) is 6.61 Å². The van der Waals surface area contributed by atoms with E-state index in [1.54, 1.807) is 0 Å². The summed E-state index contributed by atoms with van der Waals surface area (Å²) in [5, 5.41) is 28.1. The third kappa shape index (κ3) is 4.33. The van der Waals surface area contributed by atoms with Crippen LogP contribution in [0.3, 0.4) is 0 Å². The first-order valence-electron chi connectivity index (χ1n) is 6.19. The summed E-state index contributed by atoms with van der Waals surface area (Å²) in [6, 6.07) is 1.09. The maximum absolute atomic E-state index is 11.4. The van der Waals surface area contributed by atoms with Gasteiger partial charge in [0.1, 0.15) is 24.1 Å². The van der Waals surface area contributed by atoms with Crippen molar-refractivity contribution in [3.8, 4) is 0 Å². The third-order valence-corrected chi connectivity index (χ3v) is 2.64. The molecule has 0 radical (unpaired) electrons. The molecule has 0 aromatic carbocycles. The van der Waals surface area contributed by atoms with Gasteiger partial charge in [-0.1, -0.05) is 0 Å². The zero-order valence-electron chi connectivity index (χ0n) is 11.6. The summed E-state index contributed by atoms with van der Waals surface area (Å²) in [6.07, 6.45) is -3.58. The van der Waals surface area contributed by atoms with E-state index >= 15 is 0 Å². The van der Waals surface area contributed by atoms with Crippen LogP contribution in [-0.2, 0) is 9.53 Å². The fourth-order valence-corrected chi connectivity index (χ4v) is 1.74. The van der Waals surface area contributed by atoms with Crippen LogP contribution in [0.4, 0.5) is 0 Å². The van der Waals surface area contributed by atoms with E-state index in [0.29, 0.717) is 0 Å². The van der Waals surface area contributed by atoms with Gasteiger partial charge in [-0.15, -0.1) is 0 Å². The highest BCUT2D eigenvalue weighted by molar-refractivity contribution is 5.72. The molecule has 1 aliphatic rings. The molecule has 118 valence electrons. The number of carbonyl (C=O) groups is 1. The van der Waals surface area contributed by atoms with Crippen molar-refractivity contribution in [1.29, 1.82) is 0 Å². The van der Waals surface area contributed by atoms with E-state index in [-0.39, 0.29) is 5.78 Å². The number of Topliss-reactive ketones (excluding diaryl/α,β-unsaturated/α-hetero) is 1. The largest absolute Gasteiger partial charge is 0.394 e. The zero-order chi connectivity index (χ0) is 16.2. The molecular weight excluding hydrogens is 284 g/mol. The van der Waals surface area contributed by atoms with Gasteiger partial charge >= 0.3 is 5.69 Å². The van der Waals surface area contributed by atoms with E-state index in [2.05, 4.69) is 0 Å². The second-order valence-corrected chi connectivity index (χ2v) is 4.65. The number of rotatable bonds is 2. The lowest BCUT2D eigenvalue weighted by Crippen LogP contribution is -2.37. The normalized spacial score (nSPS) is 27.9. The molecule has 1 saturated heterocycles. The molecule has 2 heterocycles. The number of ketones is 1. The Balaban J connectivity index is 0.000000491. The third-order valence-electron chi connectivity index (χ3n) is 2.64. The molecule has 21 heavy (non-hydrogen) atoms. The maximum Gasteiger partial charge on any atom is 0.330 e.